The molecule has 0 aromatic heterocycles. The molecule has 0 aliphatic carbocycles. The van der Waals surface area contributed by atoms with E-state index in [4.69, 9.17) is 37.3 Å². The lowest BCUT2D eigenvalue weighted by atomic mass is 9.96. The summed E-state index contributed by atoms with van der Waals surface area (Å²) in [4.78, 5) is 13.6. The highest BCUT2D eigenvalue weighted by Crippen LogP contribution is 2.52. The zero-order chi connectivity index (χ0) is 41.8. The van der Waals surface area contributed by atoms with Crippen LogP contribution in [0.3, 0.4) is 0 Å². The van der Waals surface area contributed by atoms with Gasteiger partial charge in [0.05, 0.1) is 32.2 Å². The van der Waals surface area contributed by atoms with E-state index in [2.05, 4.69) is 44.5 Å². The summed E-state index contributed by atoms with van der Waals surface area (Å²) in [5.74, 6) is -0.160. The van der Waals surface area contributed by atoms with Crippen LogP contribution in [0.1, 0.15) is 156 Å². The van der Waals surface area contributed by atoms with Crippen molar-refractivity contribution in [3.05, 3.63) is 49.8 Å². The molecule has 0 aromatic carbocycles. The number of unbranched alkanes of at least 4 members (excludes halogenated alkanes) is 15. The number of amides is 1. The van der Waals surface area contributed by atoms with Crippen molar-refractivity contribution in [1.82, 2.24) is 5.32 Å². The van der Waals surface area contributed by atoms with Gasteiger partial charge < -0.3 is 29.0 Å². The Bertz CT molecular complexity index is 1090. The van der Waals surface area contributed by atoms with Crippen LogP contribution in [0.25, 0.3) is 0 Å². The minimum Gasteiger partial charge on any atom is -0.471 e. The molecule has 1 saturated heterocycles. The lowest BCUT2D eigenvalue weighted by Crippen LogP contribution is -2.66. The third kappa shape index (κ3) is 25.4. The SMILES string of the molecule is C=CCOP(=O)(OCC=C)O[C@@H]1C(COC)OC(O/C=C\C)[C@H](NC(=O)CCCCCCCCC/C=C\CCCCCC)[C@H]1OCC[C@@H](CCCCCCC)OC. The molecule has 1 N–H and O–H groups in total. The van der Waals surface area contributed by atoms with Gasteiger partial charge in [0.2, 0.25) is 12.2 Å². The average Bonchev–Trinajstić information content (AvgIpc) is 3.21. The van der Waals surface area contributed by atoms with E-state index in [9.17, 15) is 9.36 Å². The van der Waals surface area contributed by atoms with E-state index in [1.54, 1.807) is 13.2 Å². The van der Waals surface area contributed by atoms with Crippen molar-refractivity contribution in [3.63, 3.8) is 0 Å². The fourth-order valence-electron chi connectivity index (χ4n) is 6.79. The largest absolute Gasteiger partial charge is 0.475 e. The molecule has 2 unspecified atom stereocenters. The Morgan fingerprint density at radius 3 is 1.95 bits per heavy atom. The highest BCUT2D eigenvalue weighted by molar-refractivity contribution is 7.48. The van der Waals surface area contributed by atoms with Crippen LogP contribution >= 0.6 is 7.82 Å². The monoisotopic (exact) mass is 828 g/mol. The van der Waals surface area contributed by atoms with Gasteiger partial charge in [0.15, 0.2) is 0 Å². The Balaban J connectivity index is 3.04. The number of rotatable bonds is 39. The Hall–Kier alpha value is -1.82. The molecule has 0 bridgehead atoms. The molecule has 6 atom stereocenters. The van der Waals surface area contributed by atoms with Gasteiger partial charge in [-0.05, 0) is 51.9 Å². The zero-order valence-electron chi connectivity index (χ0n) is 36.5. The molecule has 1 aliphatic rings. The second-order valence-corrected chi connectivity index (χ2v) is 16.5. The number of ether oxygens (including phenoxy) is 5. The third-order valence-electron chi connectivity index (χ3n) is 9.98. The van der Waals surface area contributed by atoms with E-state index in [0.717, 1.165) is 51.4 Å². The quantitative estimate of drug-likeness (QED) is 0.0277. The van der Waals surface area contributed by atoms with Crippen LogP contribution in [0.15, 0.2) is 49.8 Å². The first-order valence-electron chi connectivity index (χ1n) is 22.1. The highest BCUT2D eigenvalue weighted by Gasteiger charge is 2.52. The normalized spacial score (nSPS) is 20.6. The predicted octanol–water partition coefficient (Wildman–Crippen LogP) is 11.5. The molecule has 332 valence electrons. The summed E-state index contributed by atoms with van der Waals surface area (Å²) in [6.45, 7) is 13.8. The molecular weight excluding hydrogens is 745 g/mol. The van der Waals surface area contributed by atoms with Gasteiger partial charge in [-0.15, -0.1) is 13.2 Å². The van der Waals surface area contributed by atoms with Crippen LogP contribution in [0.4, 0.5) is 0 Å². The molecule has 0 aromatic rings. The summed E-state index contributed by atoms with van der Waals surface area (Å²) < 4.78 is 61.8. The lowest BCUT2D eigenvalue weighted by Gasteiger charge is -2.46. The van der Waals surface area contributed by atoms with Crippen molar-refractivity contribution >= 4 is 13.7 Å². The van der Waals surface area contributed by atoms with Crippen LogP contribution < -0.4 is 5.32 Å². The maximum absolute atomic E-state index is 14.0. The molecule has 1 rings (SSSR count). The number of carbonyl (C=O) groups is 1. The molecule has 1 aliphatic heterocycles. The molecule has 1 fully saturated rings. The van der Waals surface area contributed by atoms with E-state index in [1.165, 1.54) is 96.2 Å². The van der Waals surface area contributed by atoms with Gasteiger partial charge in [0.25, 0.3) is 0 Å². The van der Waals surface area contributed by atoms with Crippen molar-refractivity contribution in [3.8, 4) is 0 Å². The maximum atomic E-state index is 14.0. The van der Waals surface area contributed by atoms with Crippen LogP contribution in [0.2, 0.25) is 0 Å². The first kappa shape index (κ1) is 53.2. The van der Waals surface area contributed by atoms with Crippen molar-refractivity contribution in [2.45, 2.75) is 192 Å². The summed E-state index contributed by atoms with van der Waals surface area (Å²) >= 11 is 0. The topological polar surface area (TPSA) is 120 Å². The zero-order valence-corrected chi connectivity index (χ0v) is 37.4. The number of hydrogen-bond donors (Lipinski definition) is 1. The number of hydrogen-bond acceptors (Lipinski definition) is 10. The molecule has 1 heterocycles. The van der Waals surface area contributed by atoms with Crippen LogP contribution in [-0.4, -0.2) is 83.3 Å². The van der Waals surface area contributed by atoms with Crippen molar-refractivity contribution in [2.75, 3.05) is 40.6 Å². The smallest absolute Gasteiger partial charge is 0.471 e. The minimum absolute atomic E-state index is 0.0105. The summed E-state index contributed by atoms with van der Waals surface area (Å²) in [5, 5.41) is 3.14. The Labute approximate surface area is 347 Å². The van der Waals surface area contributed by atoms with Crippen molar-refractivity contribution < 1.29 is 46.6 Å². The van der Waals surface area contributed by atoms with Gasteiger partial charge in [-0.2, -0.15) is 0 Å². The van der Waals surface area contributed by atoms with Crippen LogP contribution in [-0.2, 0) is 46.6 Å². The maximum Gasteiger partial charge on any atom is 0.475 e. The highest BCUT2D eigenvalue weighted by atomic mass is 31.2. The molecule has 1 amide bonds. The van der Waals surface area contributed by atoms with E-state index >= 15 is 0 Å². The Morgan fingerprint density at radius 1 is 0.789 bits per heavy atom. The number of nitrogens with one attached hydrogen (secondary N) is 1. The second-order valence-electron chi connectivity index (χ2n) is 14.9. The first-order chi connectivity index (χ1) is 27.8. The second kappa shape index (κ2) is 36.1. The number of allylic oxidation sites excluding steroid dienone is 3. The van der Waals surface area contributed by atoms with E-state index < -0.39 is 38.5 Å². The standard InChI is InChI=1S/C45H82NO10P/c1-8-13-15-17-18-19-20-21-22-23-24-25-26-28-30-32-41(47)46-42-44(51-37-33-39(50-7)31-29-27-16-14-9-2)43(40(38-49-6)55-45(42)52-34-10-3)56-57(48,53-35-11-4)54-36-12-5/h10-12,19-20,34,39-40,42-45H,4-5,8-9,13-18,21-33,35-38H2,1-3,6-7H3,(H,46,47)/b20-19-,34-10-/t39-,40?,42-,43-,44-,45?/m1/s1. The molecule has 11 nitrogen and oxygen atoms in total. The van der Waals surface area contributed by atoms with E-state index in [-0.39, 0.29) is 38.4 Å². The first-order valence-corrected chi connectivity index (χ1v) is 23.6. The number of carbonyl (C=O) groups excluding carboxylic acids is 1. The molecule has 0 spiro atoms. The van der Waals surface area contributed by atoms with E-state index in [0.29, 0.717) is 12.8 Å². The van der Waals surface area contributed by atoms with Gasteiger partial charge in [-0.25, -0.2) is 4.57 Å². The van der Waals surface area contributed by atoms with E-state index in [1.807, 2.05) is 6.92 Å². The molecule has 57 heavy (non-hydrogen) atoms. The average molecular weight is 828 g/mol. The summed E-state index contributed by atoms with van der Waals surface area (Å²) in [5.41, 5.74) is 0. The summed E-state index contributed by atoms with van der Waals surface area (Å²) in [7, 11) is -0.950. The Morgan fingerprint density at radius 2 is 1.37 bits per heavy atom. The lowest BCUT2D eigenvalue weighted by molar-refractivity contribution is -0.262. The van der Waals surface area contributed by atoms with Crippen molar-refractivity contribution in [2.24, 2.45) is 0 Å². The molecule has 12 heteroatoms. The number of phosphoric ester groups is 1. The number of phosphoric acid groups is 1. The fourth-order valence-corrected chi connectivity index (χ4v) is 8.12. The predicted molar refractivity (Wildman–Crippen MR) is 231 cm³/mol. The van der Waals surface area contributed by atoms with Crippen LogP contribution in [0.5, 0.6) is 0 Å². The Kier molecular flexibility index (Phi) is 33.7. The van der Waals surface area contributed by atoms with Gasteiger partial charge >= 0.3 is 7.82 Å². The summed E-state index contributed by atoms with van der Waals surface area (Å²) in [6.07, 6.45) is 30.1. The van der Waals surface area contributed by atoms with Crippen molar-refractivity contribution in [1.29, 1.82) is 0 Å². The molecule has 0 radical (unpaired) electrons. The van der Waals surface area contributed by atoms with Gasteiger partial charge in [-0.1, -0.05) is 128 Å². The molecular formula is C45H82NO10P. The van der Waals surface area contributed by atoms with Gasteiger partial charge in [-0.3, -0.25) is 18.4 Å². The molecule has 0 saturated carbocycles. The van der Waals surface area contributed by atoms with Crippen LogP contribution in [0, 0.1) is 0 Å². The number of methoxy groups -OCH3 is 2. The minimum atomic E-state index is -4.20. The van der Waals surface area contributed by atoms with Gasteiger partial charge in [0, 0.05) is 27.2 Å². The third-order valence-corrected chi connectivity index (χ3v) is 11.4. The fraction of sp³-hybridized carbons (Fsp3) is 0.800. The van der Waals surface area contributed by atoms with Gasteiger partial charge in [0.1, 0.15) is 24.4 Å². The summed E-state index contributed by atoms with van der Waals surface area (Å²) in [6, 6.07) is -0.834.